The standard InChI is InChI=1S/C11H22N4O2S/c1-11(2,3)15-9-10(13-14-15)8-12-6-5-7-18(4,16)17/h9,12H,5-8H2,1-4H3. The molecule has 0 fully saturated rings. The van der Waals surface area contributed by atoms with Gasteiger partial charge >= 0.3 is 0 Å². The predicted octanol–water partition coefficient (Wildman–Crippen LogP) is 0.557. The van der Waals surface area contributed by atoms with Crippen molar-refractivity contribution in [3.8, 4) is 0 Å². The second kappa shape index (κ2) is 5.79. The van der Waals surface area contributed by atoms with Crippen LogP contribution >= 0.6 is 0 Å². The Kier molecular flexibility index (Phi) is 4.86. The molecular weight excluding hydrogens is 252 g/mol. The third kappa shape index (κ3) is 5.59. The molecule has 0 amide bonds. The summed E-state index contributed by atoms with van der Waals surface area (Å²) in [7, 11) is -2.86. The highest BCUT2D eigenvalue weighted by Gasteiger charge is 2.14. The van der Waals surface area contributed by atoms with E-state index in [1.807, 2.05) is 10.9 Å². The molecule has 0 atom stereocenters. The maximum Gasteiger partial charge on any atom is 0.147 e. The monoisotopic (exact) mass is 274 g/mol. The fourth-order valence-electron chi connectivity index (χ4n) is 1.38. The van der Waals surface area contributed by atoms with Crippen LogP contribution in [0.25, 0.3) is 0 Å². The lowest BCUT2D eigenvalue weighted by atomic mass is 10.1. The number of rotatable bonds is 6. The van der Waals surface area contributed by atoms with Gasteiger partial charge in [-0.3, -0.25) is 0 Å². The van der Waals surface area contributed by atoms with Crippen LogP contribution in [0.4, 0.5) is 0 Å². The Bertz CT molecular complexity index is 473. The molecule has 0 aromatic carbocycles. The zero-order valence-corrected chi connectivity index (χ0v) is 12.3. The van der Waals surface area contributed by atoms with Crippen LogP contribution in [0.5, 0.6) is 0 Å². The Labute approximate surface area is 109 Å². The number of nitrogens with one attached hydrogen (secondary N) is 1. The number of sulfone groups is 1. The van der Waals surface area contributed by atoms with E-state index in [1.165, 1.54) is 6.26 Å². The average molecular weight is 274 g/mol. The summed E-state index contributed by atoms with van der Waals surface area (Å²) >= 11 is 0. The van der Waals surface area contributed by atoms with Crippen LogP contribution in [0.1, 0.15) is 32.9 Å². The molecule has 7 heteroatoms. The average Bonchev–Trinajstić information content (AvgIpc) is 2.63. The third-order valence-corrected chi connectivity index (χ3v) is 3.43. The second-order valence-electron chi connectivity index (χ2n) is 5.49. The van der Waals surface area contributed by atoms with Crippen molar-refractivity contribution in [2.45, 2.75) is 39.3 Å². The number of hydrogen-bond acceptors (Lipinski definition) is 5. The van der Waals surface area contributed by atoms with Crippen molar-refractivity contribution >= 4 is 9.84 Å². The third-order valence-electron chi connectivity index (χ3n) is 2.40. The molecule has 1 rings (SSSR count). The minimum atomic E-state index is -2.86. The Morgan fingerprint density at radius 1 is 1.39 bits per heavy atom. The van der Waals surface area contributed by atoms with E-state index in [0.29, 0.717) is 19.5 Å². The maximum absolute atomic E-state index is 10.9. The van der Waals surface area contributed by atoms with Gasteiger partial charge in [-0.05, 0) is 33.7 Å². The summed E-state index contributed by atoms with van der Waals surface area (Å²) in [6, 6.07) is 0. The van der Waals surface area contributed by atoms with E-state index in [0.717, 1.165) is 5.69 Å². The Morgan fingerprint density at radius 3 is 2.56 bits per heavy atom. The van der Waals surface area contributed by atoms with Crippen LogP contribution in [0.15, 0.2) is 6.20 Å². The zero-order valence-electron chi connectivity index (χ0n) is 11.5. The molecule has 0 aliphatic carbocycles. The summed E-state index contributed by atoms with van der Waals surface area (Å²) < 4.78 is 23.7. The summed E-state index contributed by atoms with van der Waals surface area (Å²) in [6.45, 7) is 7.45. The summed E-state index contributed by atoms with van der Waals surface area (Å²) in [4.78, 5) is 0. The summed E-state index contributed by atoms with van der Waals surface area (Å²) in [5, 5.41) is 11.3. The largest absolute Gasteiger partial charge is 0.311 e. The van der Waals surface area contributed by atoms with Crippen molar-refractivity contribution in [3.05, 3.63) is 11.9 Å². The van der Waals surface area contributed by atoms with Crippen molar-refractivity contribution in [3.63, 3.8) is 0 Å². The molecule has 18 heavy (non-hydrogen) atoms. The van der Waals surface area contributed by atoms with Crippen LogP contribution in [-0.2, 0) is 21.9 Å². The molecule has 1 N–H and O–H groups in total. The quantitative estimate of drug-likeness (QED) is 0.767. The fraction of sp³-hybridized carbons (Fsp3) is 0.818. The molecule has 104 valence electrons. The van der Waals surface area contributed by atoms with Gasteiger partial charge in [0.05, 0.1) is 23.2 Å². The Morgan fingerprint density at radius 2 is 2.06 bits per heavy atom. The molecule has 1 aromatic rings. The number of hydrogen-bond donors (Lipinski definition) is 1. The van der Waals surface area contributed by atoms with Gasteiger partial charge in [-0.1, -0.05) is 5.21 Å². The first kappa shape index (κ1) is 15.1. The van der Waals surface area contributed by atoms with Crippen LogP contribution < -0.4 is 5.32 Å². The molecule has 0 unspecified atom stereocenters. The second-order valence-corrected chi connectivity index (χ2v) is 7.75. The van der Waals surface area contributed by atoms with E-state index in [1.54, 1.807) is 0 Å². The van der Waals surface area contributed by atoms with Gasteiger partial charge in [-0.2, -0.15) is 0 Å². The van der Waals surface area contributed by atoms with E-state index in [9.17, 15) is 8.42 Å². The fourth-order valence-corrected chi connectivity index (χ4v) is 2.05. The van der Waals surface area contributed by atoms with Gasteiger partial charge in [-0.15, -0.1) is 5.10 Å². The highest BCUT2D eigenvalue weighted by Crippen LogP contribution is 2.11. The molecule has 0 bridgehead atoms. The summed E-state index contributed by atoms with van der Waals surface area (Å²) in [6.07, 6.45) is 3.78. The number of aromatic nitrogens is 3. The van der Waals surface area contributed by atoms with Crippen molar-refractivity contribution < 1.29 is 8.42 Å². The van der Waals surface area contributed by atoms with Gasteiger partial charge in [0.2, 0.25) is 0 Å². The maximum atomic E-state index is 10.9. The van der Waals surface area contributed by atoms with Gasteiger partial charge in [0.1, 0.15) is 9.84 Å². The van der Waals surface area contributed by atoms with Crippen LogP contribution in [-0.4, -0.2) is 42.0 Å². The molecule has 0 spiro atoms. The molecule has 0 aliphatic heterocycles. The molecule has 0 aliphatic rings. The smallest absolute Gasteiger partial charge is 0.147 e. The number of nitrogens with zero attached hydrogens (tertiary/aromatic N) is 3. The SMILES string of the molecule is CC(C)(C)n1cc(CNCCCS(C)(=O)=O)nn1. The molecular formula is C11H22N4O2S. The van der Waals surface area contributed by atoms with E-state index in [2.05, 4.69) is 36.4 Å². The first-order valence-corrected chi connectivity index (χ1v) is 8.05. The van der Waals surface area contributed by atoms with E-state index >= 15 is 0 Å². The van der Waals surface area contributed by atoms with Crippen molar-refractivity contribution in [2.75, 3.05) is 18.6 Å². The zero-order chi connectivity index (χ0) is 13.8. The van der Waals surface area contributed by atoms with Gasteiger partial charge in [0.25, 0.3) is 0 Å². The van der Waals surface area contributed by atoms with E-state index < -0.39 is 9.84 Å². The molecule has 0 saturated heterocycles. The highest BCUT2D eigenvalue weighted by molar-refractivity contribution is 7.90. The van der Waals surface area contributed by atoms with E-state index in [4.69, 9.17) is 0 Å². The van der Waals surface area contributed by atoms with Gasteiger partial charge < -0.3 is 5.32 Å². The molecule has 1 aromatic heterocycles. The summed E-state index contributed by atoms with van der Waals surface area (Å²) in [5.41, 5.74) is 0.797. The molecule has 1 heterocycles. The van der Waals surface area contributed by atoms with E-state index in [-0.39, 0.29) is 11.3 Å². The molecule has 0 saturated carbocycles. The van der Waals surface area contributed by atoms with Crippen molar-refractivity contribution in [1.82, 2.24) is 20.3 Å². The lowest BCUT2D eigenvalue weighted by molar-refractivity contribution is 0.347. The minimum Gasteiger partial charge on any atom is -0.311 e. The van der Waals surface area contributed by atoms with Crippen LogP contribution in [0, 0.1) is 0 Å². The minimum absolute atomic E-state index is 0.0679. The topological polar surface area (TPSA) is 76.9 Å². The first-order valence-electron chi connectivity index (χ1n) is 5.99. The molecule has 0 radical (unpaired) electrons. The van der Waals surface area contributed by atoms with Crippen LogP contribution in [0.3, 0.4) is 0 Å². The summed E-state index contributed by atoms with van der Waals surface area (Å²) in [5.74, 6) is 0.217. The Hall–Kier alpha value is -0.950. The Balaban J connectivity index is 2.30. The highest BCUT2D eigenvalue weighted by atomic mass is 32.2. The molecule has 6 nitrogen and oxygen atoms in total. The normalized spacial score (nSPS) is 12.9. The van der Waals surface area contributed by atoms with Crippen molar-refractivity contribution in [1.29, 1.82) is 0 Å². The lowest BCUT2D eigenvalue weighted by Crippen LogP contribution is -2.22. The van der Waals surface area contributed by atoms with Gasteiger partial charge in [0.15, 0.2) is 0 Å². The van der Waals surface area contributed by atoms with Crippen molar-refractivity contribution in [2.24, 2.45) is 0 Å². The van der Waals surface area contributed by atoms with Gasteiger partial charge in [0, 0.05) is 12.8 Å². The van der Waals surface area contributed by atoms with Gasteiger partial charge in [-0.25, -0.2) is 13.1 Å². The van der Waals surface area contributed by atoms with Crippen LogP contribution in [0.2, 0.25) is 0 Å². The predicted molar refractivity (Wildman–Crippen MR) is 71.1 cm³/mol. The first-order chi connectivity index (χ1) is 8.18. The lowest BCUT2D eigenvalue weighted by Gasteiger charge is -2.17.